The molecule has 0 saturated carbocycles. The Bertz CT molecular complexity index is 649. The zero-order valence-corrected chi connectivity index (χ0v) is 15.1. The smallest absolute Gasteiger partial charge is 0.410 e. The van der Waals surface area contributed by atoms with E-state index >= 15 is 0 Å². The summed E-state index contributed by atoms with van der Waals surface area (Å²) in [5.41, 5.74) is 0.181. The first-order chi connectivity index (χ1) is 11.7. The Labute approximate surface area is 146 Å². The Morgan fingerprint density at radius 2 is 2.08 bits per heavy atom. The first kappa shape index (κ1) is 18.8. The second-order valence-corrected chi connectivity index (χ2v) is 6.87. The number of nitrogens with zero attached hydrogens (tertiary/aromatic N) is 3. The van der Waals surface area contributed by atoms with E-state index in [-0.39, 0.29) is 18.4 Å². The summed E-state index contributed by atoms with van der Waals surface area (Å²) in [5.74, 6) is 0.223. The quantitative estimate of drug-likeness (QED) is 0.829. The summed E-state index contributed by atoms with van der Waals surface area (Å²) in [6.45, 7) is 6.03. The maximum atomic E-state index is 12.4. The molecule has 1 aromatic rings. The Hall–Kier alpha value is -2.58. The second kappa shape index (κ2) is 7.54. The van der Waals surface area contributed by atoms with Crippen LogP contribution in [0, 0.1) is 0 Å². The van der Waals surface area contributed by atoms with Crippen LogP contribution in [-0.2, 0) is 20.7 Å². The van der Waals surface area contributed by atoms with Crippen molar-refractivity contribution in [1.82, 2.24) is 20.4 Å². The van der Waals surface area contributed by atoms with E-state index in [1.165, 1.54) is 9.80 Å². The summed E-state index contributed by atoms with van der Waals surface area (Å²) >= 11 is 0. The average molecular weight is 351 g/mol. The number of hydrogen-bond donors (Lipinski definition) is 2. The number of amides is 3. The maximum Gasteiger partial charge on any atom is 0.410 e. The molecule has 1 aromatic heterocycles. The molecule has 0 spiro atoms. The van der Waals surface area contributed by atoms with E-state index in [2.05, 4.69) is 15.5 Å². The number of piperazine rings is 1. The standard InChI is InChI=1S/C16H25N5O4/c1-16(2,3)25-15(24)20-7-8-21(14(23)10-20)12-9-11(18-19-12)5-6-13(22)17-4/h9H,5-8,10H2,1-4H3,(H,17,22)(H,18,19). The van der Waals surface area contributed by atoms with Crippen LogP contribution in [0.3, 0.4) is 0 Å². The van der Waals surface area contributed by atoms with Gasteiger partial charge in [0.25, 0.3) is 0 Å². The molecular weight excluding hydrogens is 326 g/mol. The number of H-pyrrole nitrogens is 1. The average Bonchev–Trinajstić information content (AvgIpc) is 2.99. The molecule has 1 aliphatic heterocycles. The molecule has 0 aromatic carbocycles. The first-order valence-corrected chi connectivity index (χ1v) is 8.23. The number of nitrogens with one attached hydrogen (secondary N) is 2. The summed E-state index contributed by atoms with van der Waals surface area (Å²) in [4.78, 5) is 38.6. The van der Waals surface area contributed by atoms with Crippen LogP contribution >= 0.6 is 0 Å². The fourth-order valence-corrected chi connectivity index (χ4v) is 2.39. The van der Waals surface area contributed by atoms with E-state index in [1.807, 2.05) is 0 Å². The van der Waals surface area contributed by atoms with Gasteiger partial charge in [0.15, 0.2) is 5.82 Å². The number of aromatic nitrogens is 2. The second-order valence-electron chi connectivity index (χ2n) is 6.87. The van der Waals surface area contributed by atoms with Gasteiger partial charge >= 0.3 is 6.09 Å². The molecule has 2 heterocycles. The topological polar surface area (TPSA) is 108 Å². The molecule has 9 heteroatoms. The molecule has 0 bridgehead atoms. The summed E-state index contributed by atoms with van der Waals surface area (Å²) in [6.07, 6.45) is 0.367. The first-order valence-electron chi connectivity index (χ1n) is 8.23. The number of aromatic amines is 1. The van der Waals surface area contributed by atoms with Gasteiger partial charge in [-0.1, -0.05) is 0 Å². The lowest BCUT2D eigenvalue weighted by molar-refractivity contribution is -0.121. The third-order valence-electron chi connectivity index (χ3n) is 3.67. The number of ether oxygens (including phenoxy) is 1. The predicted octanol–water partition coefficient (Wildman–Crippen LogP) is 0.672. The number of aryl methyl sites for hydroxylation is 1. The van der Waals surface area contributed by atoms with E-state index in [4.69, 9.17) is 4.74 Å². The van der Waals surface area contributed by atoms with Gasteiger partial charge in [0.1, 0.15) is 12.1 Å². The summed E-state index contributed by atoms with van der Waals surface area (Å²) in [7, 11) is 1.59. The van der Waals surface area contributed by atoms with E-state index in [0.29, 0.717) is 31.7 Å². The zero-order valence-electron chi connectivity index (χ0n) is 15.1. The molecule has 0 aliphatic carbocycles. The van der Waals surface area contributed by atoms with Gasteiger partial charge in [-0.15, -0.1) is 0 Å². The van der Waals surface area contributed by atoms with Gasteiger partial charge in [0.2, 0.25) is 11.8 Å². The Morgan fingerprint density at radius 1 is 1.36 bits per heavy atom. The molecule has 138 valence electrons. The number of anilines is 1. The van der Waals surface area contributed by atoms with Crippen molar-refractivity contribution in [2.45, 2.75) is 39.2 Å². The van der Waals surface area contributed by atoms with Crippen LogP contribution in [0.5, 0.6) is 0 Å². The summed E-state index contributed by atoms with van der Waals surface area (Å²) < 4.78 is 5.29. The van der Waals surface area contributed by atoms with Gasteiger partial charge in [0, 0.05) is 38.3 Å². The molecule has 0 unspecified atom stereocenters. The number of carbonyl (C=O) groups is 3. The van der Waals surface area contributed by atoms with Gasteiger partial charge in [-0.05, 0) is 27.2 Å². The van der Waals surface area contributed by atoms with Crippen LogP contribution in [0.4, 0.5) is 10.6 Å². The minimum absolute atomic E-state index is 0.0463. The fraction of sp³-hybridized carbons (Fsp3) is 0.625. The molecule has 3 amide bonds. The van der Waals surface area contributed by atoms with Gasteiger partial charge < -0.3 is 10.1 Å². The van der Waals surface area contributed by atoms with Gasteiger partial charge in [0.05, 0.1) is 0 Å². The zero-order chi connectivity index (χ0) is 18.6. The van der Waals surface area contributed by atoms with E-state index in [1.54, 1.807) is 33.9 Å². The molecule has 2 N–H and O–H groups in total. The minimum atomic E-state index is -0.598. The predicted molar refractivity (Wildman–Crippen MR) is 91.1 cm³/mol. The lowest BCUT2D eigenvalue weighted by Gasteiger charge is -2.34. The molecule has 2 rings (SSSR count). The molecule has 1 fully saturated rings. The summed E-state index contributed by atoms with van der Waals surface area (Å²) in [5, 5.41) is 9.53. The largest absolute Gasteiger partial charge is 0.444 e. The van der Waals surface area contributed by atoms with E-state index in [9.17, 15) is 14.4 Å². The molecule has 0 radical (unpaired) electrons. The minimum Gasteiger partial charge on any atom is -0.444 e. The van der Waals surface area contributed by atoms with Crippen molar-refractivity contribution < 1.29 is 19.1 Å². The van der Waals surface area contributed by atoms with Crippen molar-refractivity contribution in [2.24, 2.45) is 0 Å². The van der Waals surface area contributed by atoms with Crippen LogP contribution in [0.2, 0.25) is 0 Å². The van der Waals surface area contributed by atoms with Crippen molar-refractivity contribution in [2.75, 3.05) is 31.6 Å². The lowest BCUT2D eigenvalue weighted by Crippen LogP contribution is -2.53. The van der Waals surface area contributed by atoms with E-state index in [0.717, 1.165) is 5.69 Å². The maximum absolute atomic E-state index is 12.4. The summed E-state index contributed by atoms with van der Waals surface area (Å²) in [6, 6.07) is 1.75. The van der Waals surface area contributed by atoms with Crippen molar-refractivity contribution in [3.05, 3.63) is 11.8 Å². The van der Waals surface area contributed by atoms with Crippen LogP contribution in [0.15, 0.2) is 6.07 Å². The monoisotopic (exact) mass is 351 g/mol. The number of hydrogen-bond acceptors (Lipinski definition) is 5. The highest BCUT2D eigenvalue weighted by Gasteiger charge is 2.31. The highest BCUT2D eigenvalue weighted by Crippen LogP contribution is 2.18. The highest BCUT2D eigenvalue weighted by molar-refractivity contribution is 5.96. The Morgan fingerprint density at radius 3 is 2.68 bits per heavy atom. The molecule has 1 saturated heterocycles. The van der Waals surface area contributed by atoms with Crippen molar-refractivity contribution in [1.29, 1.82) is 0 Å². The fourth-order valence-electron chi connectivity index (χ4n) is 2.39. The number of rotatable bonds is 4. The highest BCUT2D eigenvalue weighted by atomic mass is 16.6. The molecular formula is C16H25N5O4. The van der Waals surface area contributed by atoms with Crippen molar-refractivity contribution in [3.63, 3.8) is 0 Å². The van der Waals surface area contributed by atoms with Crippen LogP contribution in [-0.4, -0.2) is 65.3 Å². The lowest BCUT2D eigenvalue weighted by atomic mass is 10.2. The van der Waals surface area contributed by atoms with Crippen LogP contribution in [0.1, 0.15) is 32.9 Å². The van der Waals surface area contributed by atoms with E-state index < -0.39 is 11.7 Å². The van der Waals surface area contributed by atoms with Crippen molar-refractivity contribution in [3.8, 4) is 0 Å². The SMILES string of the molecule is CNC(=O)CCc1cc(N2CCN(C(=O)OC(C)(C)C)CC2=O)n[nH]1. The Balaban J connectivity index is 1.93. The normalized spacial score (nSPS) is 15.3. The molecule has 1 aliphatic rings. The molecule has 0 atom stereocenters. The third kappa shape index (κ3) is 5.20. The van der Waals surface area contributed by atoms with Gasteiger partial charge in [-0.3, -0.25) is 24.5 Å². The van der Waals surface area contributed by atoms with Gasteiger partial charge in [-0.2, -0.15) is 5.10 Å². The van der Waals surface area contributed by atoms with Crippen molar-refractivity contribution >= 4 is 23.7 Å². The Kier molecular flexibility index (Phi) is 5.66. The third-order valence-corrected chi connectivity index (χ3v) is 3.67. The molecule has 25 heavy (non-hydrogen) atoms. The van der Waals surface area contributed by atoms with Crippen LogP contribution in [0.25, 0.3) is 0 Å². The van der Waals surface area contributed by atoms with Crippen LogP contribution < -0.4 is 10.2 Å². The van der Waals surface area contributed by atoms with Gasteiger partial charge in [-0.25, -0.2) is 4.79 Å². The molecule has 9 nitrogen and oxygen atoms in total. The number of carbonyl (C=O) groups excluding carboxylic acids is 3.